The Morgan fingerprint density at radius 3 is 2.71 bits per heavy atom. The minimum absolute atomic E-state index is 0.0395. The summed E-state index contributed by atoms with van der Waals surface area (Å²) in [6, 6.07) is 1.08. The number of benzene rings is 1. The zero-order chi connectivity index (χ0) is 15.7. The van der Waals surface area contributed by atoms with Gasteiger partial charge in [-0.3, -0.25) is 4.79 Å². The first-order valence-electron chi connectivity index (χ1n) is 6.73. The fourth-order valence-corrected chi connectivity index (χ4v) is 2.35. The average Bonchev–Trinajstić information content (AvgIpc) is 2.49. The van der Waals surface area contributed by atoms with Crippen LogP contribution in [0.5, 0.6) is 5.75 Å². The molecule has 112 valence electrons. The standard InChI is InChI=1S/C13H10FNO4.C2H6/c1-6-9(14)4-7-10-12(6)19-3-2-15(10)5-8(11(7)16)13(17)18;1-2/h4-5H,2-3H2,1H3,(H,17,18);1-2H3. The highest BCUT2D eigenvalue weighted by atomic mass is 19.1. The molecule has 1 aliphatic rings. The van der Waals surface area contributed by atoms with Crippen molar-refractivity contribution >= 4 is 16.9 Å². The first-order chi connectivity index (χ1) is 10.0. The maximum atomic E-state index is 13.8. The van der Waals surface area contributed by atoms with E-state index in [9.17, 15) is 14.0 Å². The van der Waals surface area contributed by atoms with E-state index in [-0.39, 0.29) is 10.9 Å². The second kappa shape index (κ2) is 5.55. The predicted molar refractivity (Wildman–Crippen MR) is 76.7 cm³/mol. The summed E-state index contributed by atoms with van der Waals surface area (Å²) in [6.45, 7) is 6.30. The van der Waals surface area contributed by atoms with Crippen LogP contribution < -0.4 is 10.2 Å². The maximum Gasteiger partial charge on any atom is 0.341 e. The number of halogens is 1. The normalized spacial score (nSPS) is 12.4. The average molecular weight is 293 g/mol. The summed E-state index contributed by atoms with van der Waals surface area (Å²) in [6.07, 6.45) is 1.29. The third-order valence-corrected chi connectivity index (χ3v) is 3.31. The van der Waals surface area contributed by atoms with Gasteiger partial charge in [0.15, 0.2) is 0 Å². The molecule has 0 fully saturated rings. The molecule has 0 saturated heterocycles. The molecular weight excluding hydrogens is 277 g/mol. The highest BCUT2D eigenvalue weighted by Crippen LogP contribution is 2.32. The van der Waals surface area contributed by atoms with Crippen molar-refractivity contribution < 1.29 is 19.0 Å². The van der Waals surface area contributed by atoms with E-state index in [4.69, 9.17) is 9.84 Å². The molecule has 1 aliphatic heterocycles. The van der Waals surface area contributed by atoms with Crippen molar-refractivity contribution in [1.82, 2.24) is 4.57 Å². The molecule has 6 heteroatoms. The first kappa shape index (κ1) is 15.0. The van der Waals surface area contributed by atoms with E-state index in [1.807, 2.05) is 13.8 Å². The van der Waals surface area contributed by atoms with Gasteiger partial charge in [-0.2, -0.15) is 0 Å². The van der Waals surface area contributed by atoms with Gasteiger partial charge < -0.3 is 14.4 Å². The quantitative estimate of drug-likeness (QED) is 0.877. The Labute approximate surface area is 120 Å². The van der Waals surface area contributed by atoms with Crippen LogP contribution >= 0.6 is 0 Å². The summed E-state index contributed by atoms with van der Waals surface area (Å²) in [5.41, 5.74) is -0.267. The Kier molecular flexibility index (Phi) is 3.97. The minimum atomic E-state index is -1.32. The van der Waals surface area contributed by atoms with Gasteiger partial charge in [-0.1, -0.05) is 13.8 Å². The molecular formula is C15H16FNO4. The van der Waals surface area contributed by atoms with Crippen molar-refractivity contribution in [2.75, 3.05) is 6.61 Å². The summed E-state index contributed by atoms with van der Waals surface area (Å²) in [5, 5.41) is 9.06. The number of carboxylic acids is 1. The second-order valence-corrected chi connectivity index (χ2v) is 4.43. The summed E-state index contributed by atoms with van der Waals surface area (Å²) >= 11 is 0. The fourth-order valence-electron chi connectivity index (χ4n) is 2.35. The van der Waals surface area contributed by atoms with E-state index >= 15 is 0 Å². The third-order valence-electron chi connectivity index (χ3n) is 3.31. The molecule has 1 N–H and O–H groups in total. The molecule has 0 radical (unpaired) electrons. The van der Waals surface area contributed by atoms with E-state index in [2.05, 4.69) is 0 Å². The van der Waals surface area contributed by atoms with Crippen LogP contribution in [0.2, 0.25) is 0 Å². The summed E-state index contributed by atoms with van der Waals surface area (Å²) in [5.74, 6) is -1.57. The van der Waals surface area contributed by atoms with Crippen molar-refractivity contribution in [1.29, 1.82) is 0 Å². The topological polar surface area (TPSA) is 68.5 Å². The zero-order valence-corrected chi connectivity index (χ0v) is 12.1. The molecule has 1 aromatic heterocycles. The Morgan fingerprint density at radius 2 is 2.10 bits per heavy atom. The molecule has 2 heterocycles. The van der Waals surface area contributed by atoms with Crippen molar-refractivity contribution in [2.24, 2.45) is 0 Å². The Bertz CT molecular complexity index is 780. The van der Waals surface area contributed by atoms with Crippen LogP contribution in [0.25, 0.3) is 10.9 Å². The molecule has 3 rings (SSSR count). The molecule has 0 amide bonds. The van der Waals surface area contributed by atoms with Gasteiger partial charge in [0, 0.05) is 11.8 Å². The molecule has 1 aromatic carbocycles. The molecule has 0 unspecified atom stereocenters. The molecule has 0 bridgehead atoms. The lowest BCUT2D eigenvalue weighted by molar-refractivity contribution is 0.0694. The van der Waals surface area contributed by atoms with E-state index in [1.165, 1.54) is 6.20 Å². The number of ether oxygens (including phenoxy) is 1. The summed E-state index contributed by atoms with van der Waals surface area (Å²) in [4.78, 5) is 23.1. The van der Waals surface area contributed by atoms with Crippen LogP contribution in [0.1, 0.15) is 29.8 Å². The lowest BCUT2D eigenvalue weighted by Gasteiger charge is -2.22. The first-order valence-corrected chi connectivity index (χ1v) is 6.73. The van der Waals surface area contributed by atoms with Crippen molar-refractivity contribution in [2.45, 2.75) is 27.3 Å². The number of hydrogen-bond donors (Lipinski definition) is 1. The highest BCUT2D eigenvalue weighted by Gasteiger charge is 2.23. The van der Waals surface area contributed by atoms with Crippen LogP contribution in [-0.4, -0.2) is 22.2 Å². The smallest absolute Gasteiger partial charge is 0.341 e. The van der Waals surface area contributed by atoms with Crippen LogP contribution in [0.15, 0.2) is 17.1 Å². The third kappa shape index (κ3) is 2.26. The summed E-state index contributed by atoms with van der Waals surface area (Å²) < 4.78 is 20.8. The number of carboxylic acid groups (broad SMARTS) is 1. The monoisotopic (exact) mass is 293 g/mol. The number of nitrogens with zero attached hydrogens (tertiary/aromatic N) is 1. The second-order valence-electron chi connectivity index (χ2n) is 4.43. The van der Waals surface area contributed by atoms with Gasteiger partial charge >= 0.3 is 5.97 Å². The summed E-state index contributed by atoms with van der Waals surface area (Å²) in [7, 11) is 0. The van der Waals surface area contributed by atoms with Crippen molar-refractivity contribution in [3.63, 3.8) is 0 Å². The van der Waals surface area contributed by atoms with Crippen LogP contribution in [0.4, 0.5) is 4.39 Å². The van der Waals surface area contributed by atoms with Crippen LogP contribution in [-0.2, 0) is 6.54 Å². The molecule has 0 aliphatic carbocycles. The Morgan fingerprint density at radius 1 is 1.43 bits per heavy atom. The van der Waals surface area contributed by atoms with E-state index in [0.717, 1.165) is 6.07 Å². The highest BCUT2D eigenvalue weighted by molar-refractivity contribution is 5.95. The number of pyridine rings is 1. The van der Waals surface area contributed by atoms with Crippen LogP contribution in [0, 0.1) is 12.7 Å². The van der Waals surface area contributed by atoms with Gasteiger partial charge in [0.25, 0.3) is 0 Å². The molecule has 0 spiro atoms. The Hall–Kier alpha value is -2.37. The van der Waals surface area contributed by atoms with E-state index < -0.39 is 17.2 Å². The van der Waals surface area contributed by atoms with Crippen molar-refractivity contribution in [3.05, 3.63) is 39.4 Å². The van der Waals surface area contributed by atoms with E-state index in [1.54, 1.807) is 11.5 Å². The maximum absolute atomic E-state index is 13.8. The van der Waals surface area contributed by atoms with Gasteiger partial charge in [-0.05, 0) is 13.0 Å². The molecule has 5 nitrogen and oxygen atoms in total. The molecule has 0 saturated carbocycles. The minimum Gasteiger partial charge on any atom is -0.489 e. The number of rotatable bonds is 1. The number of carbonyl (C=O) groups is 1. The fraction of sp³-hybridized carbons (Fsp3) is 0.333. The van der Waals surface area contributed by atoms with Gasteiger partial charge in [-0.15, -0.1) is 0 Å². The van der Waals surface area contributed by atoms with Gasteiger partial charge in [0.2, 0.25) is 5.43 Å². The predicted octanol–water partition coefficient (Wildman–Crippen LogP) is 2.57. The van der Waals surface area contributed by atoms with Crippen molar-refractivity contribution in [3.8, 4) is 5.75 Å². The zero-order valence-electron chi connectivity index (χ0n) is 12.1. The number of aromatic carboxylic acids is 1. The van der Waals surface area contributed by atoms with E-state index in [0.29, 0.717) is 30.0 Å². The Balaban J connectivity index is 0.000000774. The van der Waals surface area contributed by atoms with Crippen LogP contribution in [0.3, 0.4) is 0 Å². The SMILES string of the molecule is CC.Cc1c(F)cc2c(=O)c(C(=O)O)cn3c2c1OCC3. The van der Waals surface area contributed by atoms with Gasteiger partial charge in [-0.25, -0.2) is 9.18 Å². The van der Waals surface area contributed by atoms with Gasteiger partial charge in [0.1, 0.15) is 23.7 Å². The molecule has 2 aromatic rings. The molecule has 21 heavy (non-hydrogen) atoms. The molecule has 0 atom stereocenters. The van der Waals surface area contributed by atoms with Gasteiger partial charge in [0.05, 0.1) is 17.4 Å². The number of hydrogen-bond acceptors (Lipinski definition) is 3. The number of aromatic nitrogens is 1. The largest absolute Gasteiger partial charge is 0.489 e. The lowest BCUT2D eigenvalue weighted by atomic mass is 10.1. The lowest BCUT2D eigenvalue weighted by Crippen LogP contribution is -2.24.